The second kappa shape index (κ2) is 8.12. The van der Waals surface area contributed by atoms with Gasteiger partial charge in [0.2, 0.25) is 0 Å². The highest BCUT2D eigenvalue weighted by molar-refractivity contribution is 7.13. The van der Waals surface area contributed by atoms with E-state index in [4.69, 9.17) is 4.74 Å². The third-order valence-electron chi connectivity index (χ3n) is 4.58. The summed E-state index contributed by atoms with van der Waals surface area (Å²) in [4.78, 5) is 45.5. The van der Waals surface area contributed by atoms with E-state index in [-0.39, 0.29) is 31.0 Å². The second-order valence-electron chi connectivity index (χ2n) is 6.95. The zero-order valence-corrected chi connectivity index (χ0v) is 16.7. The van der Waals surface area contributed by atoms with Gasteiger partial charge in [-0.1, -0.05) is 12.1 Å². The van der Waals surface area contributed by atoms with Crippen LogP contribution in [0.4, 0.5) is 5.13 Å². The molecule has 1 fully saturated rings. The number of ether oxygens (including phenoxy) is 1. The van der Waals surface area contributed by atoms with Crippen molar-refractivity contribution in [2.75, 3.05) is 11.9 Å². The van der Waals surface area contributed by atoms with Gasteiger partial charge in [-0.2, -0.15) is 0 Å². The van der Waals surface area contributed by atoms with Crippen molar-refractivity contribution in [2.45, 2.75) is 38.6 Å². The molecular formula is C20H20N4O4S. The molecule has 2 aromatic heterocycles. The molecule has 0 spiro atoms. The molecule has 1 aliphatic rings. The Kier molecular flexibility index (Phi) is 5.39. The maximum Gasteiger partial charge on any atom is 0.306 e. The number of carbonyl (C=O) groups is 2. The van der Waals surface area contributed by atoms with E-state index in [2.05, 4.69) is 15.3 Å². The molecule has 29 heavy (non-hydrogen) atoms. The first-order chi connectivity index (χ1) is 14.0. The van der Waals surface area contributed by atoms with Crippen LogP contribution in [0.3, 0.4) is 0 Å². The Bertz CT molecular complexity index is 1130. The summed E-state index contributed by atoms with van der Waals surface area (Å²) in [7, 11) is 0. The van der Waals surface area contributed by atoms with Crippen LogP contribution >= 0.6 is 11.3 Å². The number of aryl methyl sites for hydroxylation is 2. The molecule has 0 unspecified atom stereocenters. The Morgan fingerprint density at radius 2 is 2.07 bits per heavy atom. The van der Waals surface area contributed by atoms with Gasteiger partial charge < -0.3 is 4.74 Å². The molecule has 1 amide bonds. The molecule has 0 bridgehead atoms. The number of benzene rings is 1. The van der Waals surface area contributed by atoms with E-state index < -0.39 is 11.9 Å². The smallest absolute Gasteiger partial charge is 0.306 e. The van der Waals surface area contributed by atoms with E-state index in [1.54, 1.807) is 16.7 Å². The van der Waals surface area contributed by atoms with Crippen molar-refractivity contribution >= 4 is 39.2 Å². The van der Waals surface area contributed by atoms with E-state index in [1.807, 2.05) is 24.4 Å². The number of thiazole rings is 1. The number of amides is 1. The number of nitrogens with one attached hydrogen (secondary N) is 1. The lowest BCUT2D eigenvalue weighted by Crippen LogP contribution is -2.25. The Hall–Kier alpha value is -3.07. The molecule has 2 heterocycles. The fourth-order valence-corrected chi connectivity index (χ4v) is 3.78. The number of fused-ring (bicyclic) bond motifs is 1. The van der Waals surface area contributed by atoms with Crippen molar-refractivity contribution < 1.29 is 14.3 Å². The normalized spacial score (nSPS) is 13.4. The average Bonchev–Trinajstić information content (AvgIpc) is 3.46. The quantitative estimate of drug-likeness (QED) is 0.599. The van der Waals surface area contributed by atoms with Crippen molar-refractivity contribution in [1.29, 1.82) is 0 Å². The number of para-hydroxylation sites is 1. The lowest BCUT2D eigenvalue weighted by molar-refractivity contribution is -0.147. The minimum Gasteiger partial charge on any atom is -0.456 e. The van der Waals surface area contributed by atoms with Crippen LogP contribution in [0.1, 0.15) is 36.8 Å². The van der Waals surface area contributed by atoms with Crippen LogP contribution in [0.15, 0.2) is 34.4 Å². The van der Waals surface area contributed by atoms with Gasteiger partial charge in [-0.25, -0.2) is 9.97 Å². The van der Waals surface area contributed by atoms with Crippen molar-refractivity contribution in [1.82, 2.24) is 14.5 Å². The molecule has 0 atom stereocenters. The molecule has 4 rings (SSSR count). The topological polar surface area (TPSA) is 103 Å². The molecule has 150 valence electrons. The van der Waals surface area contributed by atoms with Gasteiger partial charge in [-0.05, 0) is 31.9 Å². The van der Waals surface area contributed by atoms with E-state index in [1.165, 1.54) is 11.3 Å². The summed E-state index contributed by atoms with van der Waals surface area (Å²) in [5.74, 6) is -0.373. The van der Waals surface area contributed by atoms with Gasteiger partial charge in [0.1, 0.15) is 5.82 Å². The third-order valence-corrected chi connectivity index (χ3v) is 5.45. The number of rotatable bonds is 7. The van der Waals surface area contributed by atoms with Gasteiger partial charge in [0, 0.05) is 17.8 Å². The number of hydrogen-bond donors (Lipinski definition) is 1. The van der Waals surface area contributed by atoms with Crippen molar-refractivity contribution in [3.05, 3.63) is 51.5 Å². The molecule has 1 saturated carbocycles. The van der Waals surface area contributed by atoms with E-state index in [9.17, 15) is 14.4 Å². The average molecular weight is 412 g/mol. The van der Waals surface area contributed by atoms with Gasteiger partial charge in [-0.3, -0.25) is 24.3 Å². The molecule has 3 aromatic rings. The summed E-state index contributed by atoms with van der Waals surface area (Å²) < 4.78 is 6.75. The first kappa shape index (κ1) is 19.3. The summed E-state index contributed by atoms with van der Waals surface area (Å²) in [6.45, 7) is 1.45. The van der Waals surface area contributed by atoms with Crippen LogP contribution in [0.2, 0.25) is 0 Å². The zero-order valence-electron chi connectivity index (χ0n) is 15.9. The molecule has 0 radical (unpaired) electrons. The van der Waals surface area contributed by atoms with Gasteiger partial charge in [-0.15, -0.1) is 11.3 Å². The molecule has 0 saturated heterocycles. The summed E-state index contributed by atoms with van der Waals surface area (Å²) in [5.41, 5.74) is 1.36. The number of aromatic nitrogens is 3. The van der Waals surface area contributed by atoms with Crippen LogP contribution in [-0.2, 0) is 20.7 Å². The summed E-state index contributed by atoms with van der Waals surface area (Å²) in [5, 5.41) is 5.46. The van der Waals surface area contributed by atoms with E-state index >= 15 is 0 Å². The maximum absolute atomic E-state index is 12.8. The van der Waals surface area contributed by atoms with E-state index in [0.29, 0.717) is 21.9 Å². The highest BCUT2D eigenvalue weighted by atomic mass is 32.1. The minimum atomic E-state index is -0.514. The van der Waals surface area contributed by atoms with Crippen LogP contribution < -0.4 is 10.9 Å². The number of nitrogens with zero attached hydrogens (tertiary/aromatic N) is 3. The molecule has 1 aliphatic carbocycles. The van der Waals surface area contributed by atoms with Crippen LogP contribution in [0.25, 0.3) is 10.9 Å². The summed E-state index contributed by atoms with van der Waals surface area (Å²) >= 11 is 1.31. The van der Waals surface area contributed by atoms with Crippen molar-refractivity contribution in [3.8, 4) is 0 Å². The van der Waals surface area contributed by atoms with E-state index in [0.717, 1.165) is 18.5 Å². The van der Waals surface area contributed by atoms with Crippen molar-refractivity contribution in [2.24, 2.45) is 0 Å². The molecular weight excluding hydrogens is 392 g/mol. The Morgan fingerprint density at radius 3 is 2.79 bits per heavy atom. The lowest BCUT2D eigenvalue weighted by atomic mass is 10.2. The minimum absolute atomic E-state index is 0.0428. The highest BCUT2D eigenvalue weighted by Crippen LogP contribution is 2.34. The fraction of sp³-hybridized carbons (Fsp3) is 0.350. The fourth-order valence-electron chi connectivity index (χ4n) is 3.08. The van der Waals surface area contributed by atoms with Crippen molar-refractivity contribution in [3.63, 3.8) is 0 Å². The van der Waals surface area contributed by atoms with Gasteiger partial charge in [0.15, 0.2) is 11.7 Å². The monoisotopic (exact) mass is 412 g/mol. The predicted octanol–water partition coefficient (Wildman–Crippen LogP) is 2.61. The Balaban J connectivity index is 1.38. The largest absolute Gasteiger partial charge is 0.456 e. The summed E-state index contributed by atoms with van der Waals surface area (Å²) in [6, 6.07) is 7.36. The third kappa shape index (κ3) is 4.51. The Morgan fingerprint density at radius 1 is 1.28 bits per heavy atom. The predicted molar refractivity (Wildman–Crippen MR) is 109 cm³/mol. The number of anilines is 1. The highest BCUT2D eigenvalue weighted by Gasteiger charge is 2.28. The molecule has 0 aliphatic heterocycles. The van der Waals surface area contributed by atoms with Crippen LogP contribution in [0.5, 0.6) is 0 Å². The number of hydrogen-bond acceptors (Lipinski definition) is 7. The zero-order chi connectivity index (χ0) is 20.4. The first-order valence-corrected chi connectivity index (χ1v) is 10.3. The van der Waals surface area contributed by atoms with Crippen LogP contribution in [-0.4, -0.2) is 33.0 Å². The summed E-state index contributed by atoms with van der Waals surface area (Å²) in [6.07, 6.45) is 2.20. The SMILES string of the molecule is Cc1csc(NC(=O)COC(=O)CCc2nc3ccccc3c(=O)n2C2CC2)n1. The molecule has 9 heteroatoms. The maximum atomic E-state index is 12.8. The molecule has 1 aromatic carbocycles. The van der Waals surface area contributed by atoms with Gasteiger partial charge in [0.05, 0.1) is 23.0 Å². The standard InChI is InChI=1S/C20H20N4O4S/c1-12-11-29-20(21-12)23-17(25)10-28-18(26)9-8-16-22-15-5-3-2-4-14(15)19(27)24(16)13-6-7-13/h2-5,11,13H,6-10H2,1H3,(H,21,23,25). The number of carbonyl (C=O) groups excluding carboxylic acids is 2. The second-order valence-corrected chi connectivity index (χ2v) is 7.81. The van der Waals surface area contributed by atoms with Gasteiger partial charge >= 0.3 is 5.97 Å². The number of esters is 1. The molecule has 8 nitrogen and oxygen atoms in total. The van der Waals surface area contributed by atoms with Crippen LogP contribution in [0, 0.1) is 6.92 Å². The van der Waals surface area contributed by atoms with Gasteiger partial charge in [0.25, 0.3) is 11.5 Å². The first-order valence-electron chi connectivity index (χ1n) is 9.39. The Labute approximate surface area is 170 Å². The molecule has 1 N–H and O–H groups in total. The lowest BCUT2D eigenvalue weighted by Gasteiger charge is -2.12.